The molecule has 0 aliphatic heterocycles. The van der Waals surface area contributed by atoms with Gasteiger partial charge in [0.2, 0.25) is 6.10 Å². The van der Waals surface area contributed by atoms with Crippen LogP contribution in [-0.2, 0) is 9.53 Å². The van der Waals surface area contributed by atoms with Gasteiger partial charge < -0.3 is 9.47 Å². The summed E-state index contributed by atoms with van der Waals surface area (Å²) >= 11 is 0. The number of benzene rings is 4. The third-order valence-electron chi connectivity index (χ3n) is 5.75. The lowest BCUT2D eigenvalue weighted by atomic mass is 9.94. The van der Waals surface area contributed by atoms with E-state index >= 15 is 0 Å². The van der Waals surface area contributed by atoms with Crippen LogP contribution in [0.15, 0.2) is 103 Å². The molecule has 0 aliphatic rings. The first-order valence-electron chi connectivity index (χ1n) is 11.6. The number of nitriles is 1. The minimum Gasteiger partial charge on any atom is -0.457 e. The Hall–Kier alpha value is -4.36. The molecule has 4 nitrogen and oxygen atoms in total. The van der Waals surface area contributed by atoms with Crippen molar-refractivity contribution in [2.75, 3.05) is 0 Å². The molecule has 4 rings (SSSR count). The lowest BCUT2D eigenvalue weighted by Gasteiger charge is -2.19. The van der Waals surface area contributed by atoms with Gasteiger partial charge in [0.15, 0.2) is 0 Å². The van der Waals surface area contributed by atoms with Gasteiger partial charge in [-0.3, -0.25) is 4.79 Å². The van der Waals surface area contributed by atoms with Crippen molar-refractivity contribution in [1.29, 1.82) is 5.26 Å². The van der Waals surface area contributed by atoms with Gasteiger partial charge in [-0.25, -0.2) is 0 Å². The highest BCUT2D eigenvalue weighted by Crippen LogP contribution is 2.28. The van der Waals surface area contributed by atoms with E-state index in [0.717, 1.165) is 10.9 Å². The number of rotatable bonds is 8. The average molecular weight is 462 g/mol. The summed E-state index contributed by atoms with van der Waals surface area (Å²) in [4.78, 5) is 13.1. The molecule has 0 saturated carbocycles. The fraction of sp³-hybridized carbons (Fsp3) is 0.161. The van der Waals surface area contributed by atoms with Gasteiger partial charge in [0, 0.05) is 5.56 Å². The molecule has 0 amide bonds. The van der Waals surface area contributed by atoms with Gasteiger partial charge in [0.05, 0.1) is 5.92 Å². The molecule has 0 heterocycles. The van der Waals surface area contributed by atoms with Crippen LogP contribution in [0.3, 0.4) is 0 Å². The first kappa shape index (κ1) is 23.8. The number of fused-ring (bicyclic) bond motifs is 1. The molecule has 174 valence electrons. The van der Waals surface area contributed by atoms with Crippen molar-refractivity contribution in [3.05, 3.63) is 114 Å². The molecule has 4 heteroatoms. The zero-order valence-corrected chi connectivity index (χ0v) is 19.8. The van der Waals surface area contributed by atoms with Crippen molar-refractivity contribution in [3.8, 4) is 17.6 Å². The Morgan fingerprint density at radius 1 is 0.829 bits per heavy atom. The molecule has 2 unspecified atom stereocenters. The van der Waals surface area contributed by atoms with Crippen LogP contribution in [0.25, 0.3) is 16.8 Å². The average Bonchev–Trinajstić information content (AvgIpc) is 2.88. The van der Waals surface area contributed by atoms with Gasteiger partial charge in [0.1, 0.15) is 17.6 Å². The van der Waals surface area contributed by atoms with Gasteiger partial charge in [-0.05, 0) is 52.6 Å². The normalized spacial score (nSPS) is 12.9. The molecule has 0 aromatic heterocycles. The van der Waals surface area contributed by atoms with E-state index in [4.69, 9.17) is 9.47 Å². The summed E-state index contributed by atoms with van der Waals surface area (Å²) in [5.41, 5.74) is 1.57. The minimum atomic E-state index is -1.03. The number of carbonyl (C=O) groups is 1. The quantitative estimate of drug-likeness (QED) is 0.252. The first-order valence-corrected chi connectivity index (χ1v) is 11.6. The van der Waals surface area contributed by atoms with Gasteiger partial charge in [0.25, 0.3) is 0 Å². The van der Waals surface area contributed by atoms with Crippen LogP contribution in [0.2, 0.25) is 0 Å². The maximum absolute atomic E-state index is 13.1. The van der Waals surface area contributed by atoms with Crippen LogP contribution in [0.5, 0.6) is 11.5 Å². The summed E-state index contributed by atoms with van der Waals surface area (Å²) in [6, 6.07) is 32.9. The fourth-order valence-corrected chi connectivity index (χ4v) is 3.83. The molecule has 0 aliphatic carbocycles. The van der Waals surface area contributed by atoms with E-state index in [0.29, 0.717) is 17.1 Å². The lowest BCUT2D eigenvalue weighted by Crippen LogP contribution is -2.22. The smallest absolute Gasteiger partial charge is 0.314 e. The molecule has 0 fully saturated rings. The summed E-state index contributed by atoms with van der Waals surface area (Å²) in [5, 5.41) is 12.1. The van der Waals surface area contributed by atoms with Crippen molar-refractivity contribution in [2.24, 2.45) is 11.8 Å². The molecule has 0 bridgehead atoms. The molecule has 0 N–H and O–H groups in total. The Labute approximate surface area is 206 Å². The Morgan fingerprint density at radius 3 is 2.29 bits per heavy atom. The first-order chi connectivity index (χ1) is 17.0. The van der Waals surface area contributed by atoms with E-state index in [9.17, 15) is 10.1 Å². The van der Waals surface area contributed by atoms with Crippen LogP contribution < -0.4 is 4.74 Å². The highest BCUT2D eigenvalue weighted by Gasteiger charge is 2.25. The standard InChI is InChI=1S/C31H27NO3/c1-22(2)29(18-16-23-15-17-24-9-6-7-10-25(24)19-23)31(33)35-30(21-32)26-11-8-14-28(20-26)34-27-12-4-3-5-13-27/h3-20,22,29-30H,1-2H3. The summed E-state index contributed by atoms with van der Waals surface area (Å²) in [6.45, 7) is 3.93. The second-order valence-electron chi connectivity index (χ2n) is 8.67. The van der Waals surface area contributed by atoms with Crippen LogP contribution >= 0.6 is 0 Å². The predicted octanol–water partition coefficient (Wildman–Crippen LogP) is 7.73. The van der Waals surface area contributed by atoms with Crippen LogP contribution in [0, 0.1) is 23.2 Å². The third-order valence-corrected chi connectivity index (χ3v) is 5.75. The fourth-order valence-electron chi connectivity index (χ4n) is 3.83. The summed E-state index contributed by atoms with van der Waals surface area (Å²) in [6.07, 6.45) is 2.77. The Balaban J connectivity index is 1.48. The largest absolute Gasteiger partial charge is 0.457 e. The van der Waals surface area contributed by atoms with Crippen LogP contribution in [0.4, 0.5) is 0 Å². The van der Waals surface area contributed by atoms with E-state index in [2.05, 4.69) is 30.3 Å². The van der Waals surface area contributed by atoms with E-state index in [-0.39, 0.29) is 5.92 Å². The number of para-hydroxylation sites is 1. The van der Waals surface area contributed by atoms with Crippen molar-refractivity contribution in [1.82, 2.24) is 0 Å². The second kappa shape index (κ2) is 11.2. The summed E-state index contributed by atoms with van der Waals surface area (Å²) < 4.78 is 11.5. The molecule has 2 atom stereocenters. The van der Waals surface area contributed by atoms with E-state index in [1.807, 2.05) is 74.5 Å². The number of carbonyl (C=O) groups excluding carboxylic acids is 1. The third kappa shape index (κ3) is 6.16. The minimum absolute atomic E-state index is 0.00583. The van der Waals surface area contributed by atoms with Crippen molar-refractivity contribution in [2.45, 2.75) is 20.0 Å². The Kier molecular flexibility index (Phi) is 7.60. The molecule has 4 aromatic carbocycles. The van der Waals surface area contributed by atoms with E-state index < -0.39 is 18.0 Å². The van der Waals surface area contributed by atoms with Gasteiger partial charge in [-0.15, -0.1) is 0 Å². The predicted molar refractivity (Wildman–Crippen MR) is 139 cm³/mol. The van der Waals surface area contributed by atoms with Crippen LogP contribution in [-0.4, -0.2) is 5.97 Å². The molecular weight excluding hydrogens is 434 g/mol. The highest BCUT2D eigenvalue weighted by molar-refractivity contribution is 5.85. The van der Waals surface area contributed by atoms with Gasteiger partial charge in [-0.1, -0.05) is 92.7 Å². The zero-order valence-electron chi connectivity index (χ0n) is 19.8. The van der Waals surface area contributed by atoms with Crippen LogP contribution in [0.1, 0.15) is 31.1 Å². The monoisotopic (exact) mass is 461 g/mol. The van der Waals surface area contributed by atoms with E-state index in [1.54, 1.807) is 24.3 Å². The maximum Gasteiger partial charge on any atom is 0.314 e. The van der Waals surface area contributed by atoms with Crippen molar-refractivity contribution in [3.63, 3.8) is 0 Å². The zero-order chi connectivity index (χ0) is 24.6. The number of nitrogens with zero attached hydrogens (tertiary/aromatic N) is 1. The molecule has 0 saturated heterocycles. The molecule has 4 aromatic rings. The molecule has 0 spiro atoms. The number of esters is 1. The number of hydrogen-bond donors (Lipinski definition) is 0. The second-order valence-corrected chi connectivity index (χ2v) is 8.67. The van der Waals surface area contributed by atoms with Crippen molar-refractivity contribution < 1.29 is 14.3 Å². The van der Waals surface area contributed by atoms with Crippen molar-refractivity contribution >= 4 is 22.8 Å². The Morgan fingerprint density at radius 2 is 1.54 bits per heavy atom. The molecular formula is C31H27NO3. The number of ether oxygens (including phenoxy) is 2. The SMILES string of the molecule is CC(C)C(C=Cc1ccc2ccccc2c1)C(=O)OC(C#N)c1cccc(Oc2ccccc2)c1. The highest BCUT2D eigenvalue weighted by atomic mass is 16.5. The topological polar surface area (TPSA) is 59.3 Å². The van der Waals surface area contributed by atoms with Gasteiger partial charge >= 0.3 is 5.97 Å². The Bertz CT molecular complexity index is 1370. The lowest BCUT2D eigenvalue weighted by molar-refractivity contribution is -0.151. The van der Waals surface area contributed by atoms with Gasteiger partial charge in [-0.2, -0.15) is 5.26 Å². The molecule has 35 heavy (non-hydrogen) atoms. The maximum atomic E-state index is 13.1. The van der Waals surface area contributed by atoms with E-state index in [1.165, 1.54) is 5.39 Å². The summed E-state index contributed by atoms with van der Waals surface area (Å²) in [7, 11) is 0. The summed E-state index contributed by atoms with van der Waals surface area (Å²) in [5.74, 6) is 0.348. The molecule has 0 radical (unpaired) electrons. The number of hydrogen-bond acceptors (Lipinski definition) is 4.